The molecule has 2 aromatic heterocycles. The van der Waals surface area contributed by atoms with Crippen LogP contribution in [0.15, 0.2) is 53.3 Å². The Morgan fingerprint density at radius 2 is 1.83 bits per heavy atom. The van der Waals surface area contributed by atoms with Crippen LogP contribution < -0.4 is 10.9 Å². The van der Waals surface area contributed by atoms with E-state index >= 15 is 0 Å². The van der Waals surface area contributed by atoms with Gasteiger partial charge in [0.25, 0.3) is 5.56 Å². The van der Waals surface area contributed by atoms with Crippen LogP contribution in [-0.4, -0.2) is 14.6 Å². The molecule has 0 bridgehead atoms. The second-order valence-corrected chi connectivity index (χ2v) is 6.89. The number of nitrogens with one attached hydrogen (secondary N) is 1. The minimum Gasteiger partial charge on any atom is -0.330 e. The van der Waals surface area contributed by atoms with Gasteiger partial charge in [0, 0.05) is 5.69 Å². The van der Waals surface area contributed by atoms with Crippen LogP contribution in [0, 0.1) is 0 Å². The molecule has 0 saturated carbocycles. The first kappa shape index (κ1) is 14.8. The zero-order chi connectivity index (χ0) is 16.7. The third-order valence-electron chi connectivity index (χ3n) is 3.93. The molecule has 0 radical (unpaired) electrons. The Balaban J connectivity index is 1.73. The molecule has 0 aliphatic rings. The van der Waals surface area contributed by atoms with E-state index in [2.05, 4.69) is 41.4 Å². The average Bonchev–Trinajstić information content (AvgIpc) is 2.98. The van der Waals surface area contributed by atoms with Crippen LogP contribution in [0.4, 0.5) is 10.8 Å². The molecule has 2 aromatic carbocycles. The molecule has 0 atom stereocenters. The summed E-state index contributed by atoms with van der Waals surface area (Å²) in [7, 11) is 0. The molecule has 0 fully saturated rings. The topological polar surface area (TPSA) is 59.3 Å². The summed E-state index contributed by atoms with van der Waals surface area (Å²) < 4.78 is 1.36. The van der Waals surface area contributed by atoms with Crippen LogP contribution in [0.25, 0.3) is 15.9 Å². The minimum atomic E-state index is -0.143. The predicted octanol–water partition coefficient (Wildman–Crippen LogP) is 4.17. The summed E-state index contributed by atoms with van der Waals surface area (Å²) in [5.41, 5.74) is 2.78. The molecule has 2 heterocycles. The number of nitrogens with zero attached hydrogens (tertiary/aromatic N) is 3. The van der Waals surface area contributed by atoms with Crippen molar-refractivity contribution in [3.05, 3.63) is 64.4 Å². The summed E-state index contributed by atoms with van der Waals surface area (Å²) in [5.74, 6) is 0.497. The van der Waals surface area contributed by atoms with E-state index in [-0.39, 0.29) is 5.56 Å². The maximum atomic E-state index is 12.5. The summed E-state index contributed by atoms with van der Waals surface area (Å²) in [6.07, 6.45) is 0. The van der Waals surface area contributed by atoms with Crippen molar-refractivity contribution in [3.8, 4) is 0 Å². The van der Waals surface area contributed by atoms with Crippen molar-refractivity contribution in [1.82, 2.24) is 14.6 Å². The number of para-hydroxylation sites is 1. The number of rotatable bonds is 3. The third kappa shape index (κ3) is 2.55. The summed E-state index contributed by atoms with van der Waals surface area (Å²) in [6, 6.07) is 15.6. The second-order valence-electron chi connectivity index (χ2n) is 5.94. The fourth-order valence-electron chi connectivity index (χ4n) is 2.58. The Bertz CT molecular complexity index is 1080. The van der Waals surface area contributed by atoms with E-state index in [1.165, 1.54) is 21.4 Å². The number of hydrogen-bond donors (Lipinski definition) is 1. The highest BCUT2D eigenvalue weighted by atomic mass is 32.1. The maximum Gasteiger partial charge on any atom is 0.283 e. The highest BCUT2D eigenvalue weighted by Crippen LogP contribution is 2.24. The van der Waals surface area contributed by atoms with Gasteiger partial charge in [-0.2, -0.15) is 4.52 Å². The first-order valence-electron chi connectivity index (χ1n) is 7.77. The molecule has 6 heteroatoms. The summed E-state index contributed by atoms with van der Waals surface area (Å²) in [5, 5.41) is 8.84. The first-order chi connectivity index (χ1) is 11.6. The lowest BCUT2D eigenvalue weighted by molar-refractivity contribution is 0.867. The maximum absolute atomic E-state index is 12.5. The fraction of sp³-hybridized carbons (Fsp3) is 0.167. The van der Waals surface area contributed by atoms with Crippen molar-refractivity contribution < 1.29 is 0 Å². The van der Waals surface area contributed by atoms with E-state index in [1.54, 1.807) is 6.07 Å². The Morgan fingerprint density at radius 1 is 1.08 bits per heavy atom. The van der Waals surface area contributed by atoms with Crippen LogP contribution in [0.1, 0.15) is 25.3 Å². The molecule has 0 amide bonds. The molecule has 0 aliphatic heterocycles. The Morgan fingerprint density at radius 3 is 2.58 bits per heavy atom. The third-order valence-corrected chi connectivity index (χ3v) is 4.76. The zero-order valence-electron chi connectivity index (χ0n) is 13.4. The fourth-order valence-corrected chi connectivity index (χ4v) is 3.40. The van der Waals surface area contributed by atoms with Gasteiger partial charge in [-0.3, -0.25) is 4.79 Å². The van der Waals surface area contributed by atoms with Gasteiger partial charge in [0.2, 0.25) is 10.1 Å². The lowest BCUT2D eigenvalue weighted by atomic mass is 10.0. The zero-order valence-corrected chi connectivity index (χ0v) is 14.2. The summed E-state index contributed by atoms with van der Waals surface area (Å²) in [4.78, 5) is 17.6. The van der Waals surface area contributed by atoms with E-state index in [0.717, 1.165) is 5.69 Å². The Hall–Kier alpha value is -2.73. The van der Waals surface area contributed by atoms with Crippen LogP contribution in [-0.2, 0) is 0 Å². The van der Waals surface area contributed by atoms with Gasteiger partial charge in [-0.25, -0.2) is 4.98 Å². The molecular weight excluding hydrogens is 320 g/mol. The minimum absolute atomic E-state index is 0.143. The second kappa shape index (κ2) is 5.72. The van der Waals surface area contributed by atoms with E-state index in [4.69, 9.17) is 0 Å². The van der Waals surface area contributed by atoms with E-state index in [9.17, 15) is 4.79 Å². The van der Waals surface area contributed by atoms with Gasteiger partial charge in [0.15, 0.2) is 0 Å². The van der Waals surface area contributed by atoms with Crippen molar-refractivity contribution in [2.24, 2.45) is 0 Å². The Labute approximate surface area is 142 Å². The number of aromatic nitrogens is 3. The molecule has 5 nitrogen and oxygen atoms in total. The van der Waals surface area contributed by atoms with E-state index < -0.39 is 0 Å². The van der Waals surface area contributed by atoms with Gasteiger partial charge >= 0.3 is 0 Å². The number of hydrogen-bond acceptors (Lipinski definition) is 5. The summed E-state index contributed by atoms with van der Waals surface area (Å²) >= 11 is 1.36. The highest BCUT2D eigenvalue weighted by molar-refractivity contribution is 7.20. The van der Waals surface area contributed by atoms with Gasteiger partial charge in [0.05, 0.1) is 10.9 Å². The van der Waals surface area contributed by atoms with Gasteiger partial charge < -0.3 is 5.32 Å². The van der Waals surface area contributed by atoms with E-state index in [1.807, 2.05) is 30.3 Å². The standard InChI is InChI=1S/C18H16N4OS/c1-11(2)12-7-9-13(10-8-12)19-17-21-22-16(23)14-5-3-4-6-15(14)20-18(22)24-17/h3-11H,1-2H3,(H,19,21). The normalized spacial score (nSPS) is 11.5. The largest absolute Gasteiger partial charge is 0.330 e. The van der Waals surface area contributed by atoms with Crippen molar-refractivity contribution in [2.75, 3.05) is 5.32 Å². The average molecular weight is 336 g/mol. The van der Waals surface area contributed by atoms with Crippen LogP contribution >= 0.6 is 11.3 Å². The van der Waals surface area contributed by atoms with Crippen molar-refractivity contribution in [1.29, 1.82) is 0 Å². The molecule has 4 rings (SSSR count). The first-order valence-corrected chi connectivity index (χ1v) is 8.59. The molecule has 1 N–H and O–H groups in total. The van der Waals surface area contributed by atoms with Gasteiger partial charge in [-0.15, -0.1) is 5.10 Å². The van der Waals surface area contributed by atoms with Crippen molar-refractivity contribution in [2.45, 2.75) is 19.8 Å². The monoisotopic (exact) mass is 336 g/mol. The number of anilines is 2. The molecule has 0 spiro atoms. The quantitative estimate of drug-likeness (QED) is 0.610. The molecule has 0 unspecified atom stereocenters. The van der Waals surface area contributed by atoms with Gasteiger partial charge in [-0.1, -0.05) is 49.4 Å². The number of fused-ring (bicyclic) bond motifs is 2. The molecule has 0 saturated heterocycles. The van der Waals surface area contributed by atoms with Gasteiger partial charge in [0.1, 0.15) is 0 Å². The molecule has 120 valence electrons. The predicted molar refractivity (Wildman–Crippen MR) is 98.5 cm³/mol. The molecule has 24 heavy (non-hydrogen) atoms. The summed E-state index contributed by atoms with van der Waals surface area (Å²) in [6.45, 7) is 4.33. The molecule has 0 aliphatic carbocycles. The van der Waals surface area contributed by atoms with Crippen molar-refractivity contribution in [3.63, 3.8) is 0 Å². The number of benzene rings is 2. The SMILES string of the molecule is CC(C)c1ccc(Nc2nn3c(=O)c4ccccc4nc3s2)cc1. The Kier molecular flexibility index (Phi) is 3.54. The highest BCUT2D eigenvalue weighted by Gasteiger charge is 2.10. The van der Waals surface area contributed by atoms with E-state index in [0.29, 0.717) is 26.9 Å². The van der Waals surface area contributed by atoms with Crippen molar-refractivity contribution >= 4 is 38.0 Å². The molecular formula is C18H16N4OS. The lowest BCUT2D eigenvalue weighted by Gasteiger charge is -2.06. The van der Waals surface area contributed by atoms with Crippen LogP contribution in [0.2, 0.25) is 0 Å². The van der Waals surface area contributed by atoms with Crippen LogP contribution in [0.3, 0.4) is 0 Å². The lowest BCUT2D eigenvalue weighted by Crippen LogP contribution is -2.15. The van der Waals surface area contributed by atoms with Crippen LogP contribution in [0.5, 0.6) is 0 Å². The van der Waals surface area contributed by atoms with Gasteiger partial charge in [-0.05, 0) is 35.7 Å². The smallest absolute Gasteiger partial charge is 0.283 e. The molecule has 4 aromatic rings.